The van der Waals surface area contributed by atoms with Crippen LogP contribution in [0.25, 0.3) is 10.9 Å². The lowest BCUT2D eigenvalue weighted by atomic mass is 10.0. The van der Waals surface area contributed by atoms with Crippen molar-refractivity contribution in [1.82, 2.24) is 9.88 Å². The first-order valence-corrected chi connectivity index (χ1v) is 8.54. The summed E-state index contributed by atoms with van der Waals surface area (Å²) in [4.78, 5) is 25.0. The maximum Gasteiger partial charge on any atom is 0.252 e. The van der Waals surface area contributed by atoms with Gasteiger partial charge in [0.2, 0.25) is 0 Å². The summed E-state index contributed by atoms with van der Waals surface area (Å²) in [5, 5.41) is 4.44. The van der Waals surface area contributed by atoms with Crippen molar-refractivity contribution in [3.63, 3.8) is 0 Å². The summed E-state index contributed by atoms with van der Waals surface area (Å²) < 4.78 is 1.54. The third-order valence-corrected chi connectivity index (χ3v) is 4.64. The molecule has 1 unspecified atom stereocenters. The topological polar surface area (TPSA) is 51.1 Å². The van der Waals surface area contributed by atoms with E-state index in [1.54, 1.807) is 23.7 Å². The molecule has 1 heterocycles. The molecule has 25 heavy (non-hydrogen) atoms. The van der Waals surface area contributed by atoms with Crippen molar-refractivity contribution >= 4 is 28.4 Å². The van der Waals surface area contributed by atoms with Crippen LogP contribution < -0.4 is 10.9 Å². The lowest BCUT2D eigenvalue weighted by molar-refractivity contribution is 0.0937. The monoisotopic (exact) mass is 354 g/mol. The molecule has 0 aliphatic heterocycles. The van der Waals surface area contributed by atoms with Gasteiger partial charge in [0.05, 0.1) is 17.1 Å². The van der Waals surface area contributed by atoms with Gasteiger partial charge in [-0.15, -0.1) is 0 Å². The summed E-state index contributed by atoms with van der Waals surface area (Å²) in [6, 6.07) is 16.1. The maximum atomic E-state index is 12.8. The number of aryl methyl sites for hydroxylation is 1. The Balaban J connectivity index is 1.98. The number of carbonyl (C=O) groups excluding carboxylic acids is 1. The number of benzene rings is 2. The number of fused-ring (bicyclic) bond motifs is 1. The van der Waals surface area contributed by atoms with Gasteiger partial charge in [0.1, 0.15) is 0 Å². The second-order valence-electron chi connectivity index (χ2n) is 5.96. The maximum absolute atomic E-state index is 12.8. The van der Waals surface area contributed by atoms with E-state index >= 15 is 0 Å². The van der Waals surface area contributed by atoms with Crippen LogP contribution in [-0.4, -0.2) is 10.5 Å². The summed E-state index contributed by atoms with van der Waals surface area (Å²) >= 11 is 5.93. The Hall–Kier alpha value is -2.59. The Kier molecular flexibility index (Phi) is 4.91. The number of amides is 1. The molecule has 1 N–H and O–H groups in total. The molecule has 0 saturated carbocycles. The molecule has 0 radical (unpaired) electrons. The summed E-state index contributed by atoms with van der Waals surface area (Å²) in [6.07, 6.45) is 0.732. The van der Waals surface area contributed by atoms with Crippen LogP contribution in [0.1, 0.15) is 35.3 Å². The van der Waals surface area contributed by atoms with Crippen LogP contribution in [0.4, 0.5) is 0 Å². The van der Waals surface area contributed by atoms with Crippen molar-refractivity contribution < 1.29 is 4.79 Å². The van der Waals surface area contributed by atoms with Gasteiger partial charge < -0.3 is 9.88 Å². The molecule has 0 saturated heterocycles. The number of carbonyl (C=O) groups is 1. The zero-order chi connectivity index (χ0) is 18.0. The first kappa shape index (κ1) is 17.2. The number of pyridine rings is 1. The Bertz CT molecular complexity index is 977. The van der Waals surface area contributed by atoms with Crippen LogP contribution in [0, 0.1) is 0 Å². The van der Waals surface area contributed by atoms with E-state index < -0.39 is 0 Å². The minimum Gasteiger partial charge on any atom is -0.345 e. The van der Waals surface area contributed by atoms with Gasteiger partial charge in [-0.2, -0.15) is 0 Å². The molecule has 0 spiro atoms. The van der Waals surface area contributed by atoms with Crippen molar-refractivity contribution in [1.29, 1.82) is 0 Å². The van der Waals surface area contributed by atoms with E-state index in [4.69, 9.17) is 11.6 Å². The van der Waals surface area contributed by atoms with E-state index in [0.717, 1.165) is 22.9 Å². The molecule has 0 bridgehead atoms. The summed E-state index contributed by atoms with van der Waals surface area (Å²) in [5.41, 5.74) is 1.91. The minimum atomic E-state index is -0.254. The van der Waals surface area contributed by atoms with Crippen molar-refractivity contribution in [3.05, 3.63) is 81.1 Å². The lowest BCUT2D eigenvalue weighted by Crippen LogP contribution is -2.30. The van der Waals surface area contributed by atoms with Crippen LogP contribution in [0.5, 0.6) is 0 Å². The smallest absolute Gasteiger partial charge is 0.252 e. The predicted octanol–water partition coefficient (Wildman–Crippen LogP) is 4.07. The van der Waals surface area contributed by atoms with Gasteiger partial charge in [-0.3, -0.25) is 9.59 Å². The fraction of sp³-hybridized carbons (Fsp3) is 0.200. The molecule has 1 atom stereocenters. The Morgan fingerprint density at radius 1 is 1.16 bits per heavy atom. The normalized spacial score (nSPS) is 12.1. The highest BCUT2D eigenvalue weighted by Crippen LogP contribution is 2.21. The number of nitrogens with one attached hydrogen (secondary N) is 1. The fourth-order valence-corrected chi connectivity index (χ4v) is 3.08. The van der Waals surface area contributed by atoms with Crippen LogP contribution in [0.2, 0.25) is 5.02 Å². The zero-order valence-corrected chi connectivity index (χ0v) is 14.9. The highest BCUT2D eigenvalue weighted by molar-refractivity contribution is 6.30. The third-order valence-electron chi connectivity index (χ3n) is 4.38. The average Bonchev–Trinajstić information content (AvgIpc) is 2.63. The molecular formula is C20H19ClN2O2. The third kappa shape index (κ3) is 3.44. The summed E-state index contributed by atoms with van der Waals surface area (Å²) in [6.45, 7) is 2.00. The average molecular weight is 355 g/mol. The predicted molar refractivity (Wildman–Crippen MR) is 101 cm³/mol. The Morgan fingerprint density at radius 3 is 2.52 bits per heavy atom. The van der Waals surface area contributed by atoms with E-state index in [2.05, 4.69) is 5.32 Å². The van der Waals surface area contributed by atoms with Crippen molar-refractivity contribution in [2.24, 2.45) is 7.05 Å². The van der Waals surface area contributed by atoms with E-state index in [1.165, 1.54) is 6.07 Å². The molecular weight excluding hydrogens is 336 g/mol. The van der Waals surface area contributed by atoms with Gasteiger partial charge in [0.15, 0.2) is 0 Å². The standard InChI is InChI=1S/C20H19ClN2O2/c1-3-17(13-8-10-14(21)11-9-13)22-20(25)16-12-19(24)23(2)18-7-5-4-6-15(16)18/h4-12,17H,3H2,1-2H3,(H,22,25). The molecule has 0 aliphatic rings. The largest absolute Gasteiger partial charge is 0.345 e. The SMILES string of the molecule is CCC(NC(=O)c1cc(=O)n(C)c2ccccc12)c1ccc(Cl)cc1. The summed E-state index contributed by atoms with van der Waals surface area (Å²) in [7, 11) is 1.70. The second-order valence-corrected chi connectivity index (χ2v) is 6.39. The number of halogens is 1. The lowest BCUT2D eigenvalue weighted by Gasteiger charge is -2.18. The fourth-order valence-electron chi connectivity index (χ4n) is 2.95. The van der Waals surface area contributed by atoms with E-state index in [0.29, 0.717) is 10.6 Å². The van der Waals surface area contributed by atoms with E-state index in [9.17, 15) is 9.59 Å². The number of rotatable bonds is 4. The van der Waals surface area contributed by atoms with Gasteiger partial charge >= 0.3 is 0 Å². The summed E-state index contributed by atoms with van der Waals surface area (Å²) in [5.74, 6) is -0.254. The van der Waals surface area contributed by atoms with Gasteiger partial charge in [0.25, 0.3) is 11.5 Å². The molecule has 4 nitrogen and oxygen atoms in total. The molecule has 3 rings (SSSR count). The second kappa shape index (κ2) is 7.11. The van der Waals surface area contributed by atoms with Crippen molar-refractivity contribution in [2.45, 2.75) is 19.4 Å². The Morgan fingerprint density at radius 2 is 1.84 bits per heavy atom. The highest BCUT2D eigenvalue weighted by Gasteiger charge is 2.17. The minimum absolute atomic E-state index is 0.146. The first-order chi connectivity index (χ1) is 12.0. The van der Waals surface area contributed by atoms with E-state index in [1.807, 2.05) is 43.3 Å². The Labute approximate surface area is 151 Å². The van der Waals surface area contributed by atoms with Crippen LogP contribution in [0.15, 0.2) is 59.4 Å². The van der Waals surface area contributed by atoms with Crippen LogP contribution in [0.3, 0.4) is 0 Å². The molecule has 1 aromatic heterocycles. The quantitative estimate of drug-likeness (QED) is 0.767. The van der Waals surface area contributed by atoms with Gasteiger partial charge in [-0.25, -0.2) is 0 Å². The number of para-hydroxylation sites is 1. The van der Waals surface area contributed by atoms with Crippen LogP contribution in [-0.2, 0) is 7.05 Å². The van der Waals surface area contributed by atoms with Crippen LogP contribution >= 0.6 is 11.6 Å². The number of hydrogen-bond acceptors (Lipinski definition) is 2. The molecule has 0 fully saturated rings. The van der Waals surface area contributed by atoms with Crippen molar-refractivity contribution in [3.8, 4) is 0 Å². The number of aromatic nitrogens is 1. The van der Waals surface area contributed by atoms with Gasteiger partial charge in [0, 0.05) is 23.5 Å². The molecule has 0 aliphatic carbocycles. The van der Waals surface area contributed by atoms with Gasteiger partial charge in [-0.05, 0) is 30.2 Å². The molecule has 2 aromatic carbocycles. The highest BCUT2D eigenvalue weighted by atomic mass is 35.5. The molecule has 1 amide bonds. The molecule has 128 valence electrons. The zero-order valence-electron chi connectivity index (χ0n) is 14.1. The number of nitrogens with zero attached hydrogens (tertiary/aromatic N) is 1. The first-order valence-electron chi connectivity index (χ1n) is 8.16. The molecule has 5 heteroatoms. The van der Waals surface area contributed by atoms with Gasteiger partial charge in [-0.1, -0.05) is 48.9 Å². The van der Waals surface area contributed by atoms with E-state index in [-0.39, 0.29) is 17.5 Å². The molecule has 3 aromatic rings. The van der Waals surface area contributed by atoms with Crippen molar-refractivity contribution in [2.75, 3.05) is 0 Å². The number of hydrogen-bond donors (Lipinski definition) is 1.